The number of esters is 1. The van der Waals surface area contributed by atoms with Crippen LogP contribution in [0, 0.1) is 5.92 Å². The first-order valence-electron chi connectivity index (χ1n) is 8.13. The third kappa shape index (κ3) is 9.79. The minimum Gasteiger partial charge on any atom is -0.513 e. The molecule has 1 aliphatic rings. The summed E-state index contributed by atoms with van der Waals surface area (Å²) in [6.45, 7) is 6.20. The Hall–Kier alpha value is -1.07. The number of aliphatic hydroxyl groups excluding tert-OH is 1. The summed E-state index contributed by atoms with van der Waals surface area (Å²) in [5.74, 6) is 0.880. The molecule has 0 aromatic heterocycles. The first kappa shape index (κ1) is 20.9. The third-order valence-electron chi connectivity index (χ3n) is 3.87. The van der Waals surface area contributed by atoms with Crippen molar-refractivity contribution in [2.75, 3.05) is 20.8 Å². The van der Waals surface area contributed by atoms with Crippen LogP contribution in [0.2, 0.25) is 0 Å². The van der Waals surface area contributed by atoms with E-state index >= 15 is 0 Å². The summed E-state index contributed by atoms with van der Waals surface area (Å²) in [6, 6.07) is -0.140. The lowest BCUT2D eigenvalue weighted by atomic mass is 9.93. The van der Waals surface area contributed by atoms with Gasteiger partial charge in [-0.2, -0.15) is 0 Å². The average molecular weight is 315 g/mol. The Bertz CT molecular complexity index is 327. The summed E-state index contributed by atoms with van der Waals surface area (Å²) in [6.07, 6.45) is 6.75. The molecule has 2 unspecified atom stereocenters. The topological polar surface area (TPSA) is 67.8 Å². The standard InChI is InChI=1S/C13H25NO3.C4H8O/c1-10-9-11(7-8-16-3)5-4-6-12(14-2)13(15)17-10;1-3-4(2)5/h10-12,14H,4-9H2,1-3H3;3,5H,1-2H3/b;4-3+/t10?,11?,12-;/m0./s1. The molecule has 0 spiro atoms. The SMILES string of the molecule is C/C=C(\C)O.CN[C@H]1CCCC(CCOC)CC(C)OC1=O. The monoisotopic (exact) mass is 315 g/mol. The number of allylic oxidation sites excluding steroid dienone is 2. The van der Waals surface area contributed by atoms with Crippen molar-refractivity contribution in [1.29, 1.82) is 0 Å². The molecule has 1 aliphatic heterocycles. The van der Waals surface area contributed by atoms with Crippen LogP contribution < -0.4 is 5.32 Å². The number of cyclic esters (lactones) is 1. The van der Waals surface area contributed by atoms with Crippen molar-refractivity contribution in [3.8, 4) is 0 Å². The number of likely N-dealkylation sites (N-methyl/N-ethyl adjacent to an activating group) is 1. The molecule has 1 heterocycles. The van der Waals surface area contributed by atoms with Crippen molar-refractivity contribution in [1.82, 2.24) is 5.32 Å². The van der Waals surface area contributed by atoms with E-state index in [4.69, 9.17) is 14.6 Å². The van der Waals surface area contributed by atoms with E-state index in [1.165, 1.54) is 0 Å². The van der Waals surface area contributed by atoms with Crippen molar-refractivity contribution < 1.29 is 19.4 Å². The predicted octanol–water partition coefficient (Wildman–Crippen LogP) is 3.20. The molecule has 0 aromatic carbocycles. The van der Waals surface area contributed by atoms with Gasteiger partial charge >= 0.3 is 5.97 Å². The van der Waals surface area contributed by atoms with Gasteiger partial charge in [0.05, 0.1) is 11.9 Å². The van der Waals surface area contributed by atoms with Gasteiger partial charge in [-0.15, -0.1) is 0 Å². The maximum absolute atomic E-state index is 11.8. The fourth-order valence-electron chi connectivity index (χ4n) is 2.45. The molecule has 3 atom stereocenters. The Labute approximate surface area is 135 Å². The van der Waals surface area contributed by atoms with E-state index in [-0.39, 0.29) is 18.1 Å². The lowest BCUT2D eigenvalue weighted by molar-refractivity contribution is -0.151. The van der Waals surface area contributed by atoms with Gasteiger partial charge in [0.2, 0.25) is 0 Å². The molecule has 130 valence electrons. The predicted molar refractivity (Wildman–Crippen MR) is 88.9 cm³/mol. The lowest BCUT2D eigenvalue weighted by Crippen LogP contribution is -2.36. The molecule has 0 radical (unpaired) electrons. The molecule has 0 aliphatic carbocycles. The van der Waals surface area contributed by atoms with Gasteiger partial charge in [0.25, 0.3) is 0 Å². The number of rotatable bonds is 4. The van der Waals surface area contributed by atoms with Crippen molar-refractivity contribution in [3.05, 3.63) is 11.8 Å². The van der Waals surface area contributed by atoms with Crippen molar-refractivity contribution >= 4 is 5.97 Å². The summed E-state index contributed by atoms with van der Waals surface area (Å²) in [5, 5.41) is 11.3. The van der Waals surface area contributed by atoms with Crippen LogP contribution in [-0.4, -0.2) is 44.0 Å². The highest BCUT2D eigenvalue weighted by Crippen LogP contribution is 2.23. The van der Waals surface area contributed by atoms with Crippen LogP contribution in [-0.2, 0) is 14.3 Å². The number of ether oxygens (including phenoxy) is 2. The number of methoxy groups -OCH3 is 1. The van der Waals surface area contributed by atoms with Crippen LogP contribution >= 0.6 is 0 Å². The highest BCUT2D eigenvalue weighted by molar-refractivity contribution is 5.75. The van der Waals surface area contributed by atoms with Gasteiger partial charge in [-0.25, -0.2) is 0 Å². The smallest absolute Gasteiger partial charge is 0.323 e. The van der Waals surface area contributed by atoms with E-state index in [2.05, 4.69) is 5.32 Å². The van der Waals surface area contributed by atoms with Gasteiger partial charge in [-0.1, -0.05) is 18.9 Å². The molecule has 1 fully saturated rings. The quantitative estimate of drug-likeness (QED) is 0.616. The van der Waals surface area contributed by atoms with Crippen LogP contribution in [0.5, 0.6) is 0 Å². The Morgan fingerprint density at radius 2 is 2.14 bits per heavy atom. The number of carbonyl (C=O) groups is 1. The minimum absolute atomic E-state index is 0.0123. The second kappa shape index (κ2) is 12.5. The summed E-state index contributed by atoms with van der Waals surface area (Å²) >= 11 is 0. The molecule has 0 saturated carbocycles. The van der Waals surface area contributed by atoms with Gasteiger partial charge in [0.1, 0.15) is 6.04 Å². The van der Waals surface area contributed by atoms with E-state index in [0.29, 0.717) is 11.7 Å². The summed E-state index contributed by atoms with van der Waals surface area (Å²) in [5.41, 5.74) is 0. The molecular formula is C17H33NO4. The van der Waals surface area contributed by atoms with E-state index in [9.17, 15) is 4.79 Å². The number of nitrogens with one attached hydrogen (secondary N) is 1. The summed E-state index contributed by atoms with van der Waals surface area (Å²) < 4.78 is 10.6. The van der Waals surface area contributed by atoms with E-state index < -0.39 is 0 Å². The van der Waals surface area contributed by atoms with Gasteiger partial charge in [-0.05, 0) is 53.0 Å². The largest absolute Gasteiger partial charge is 0.513 e. The highest BCUT2D eigenvalue weighted by Gasteiger charge is 2.24. The number of carbonyl (C=O) groups excluding carboxylic acids is 1. The first-order valence-corrected chi connectivity index (χ1v) is 8.13. The van der Waals surface area contributed by atoms with Crippen LogP contribution in [0.1, 0.15) is 52.9 Å². The molecule has 5 nitrogen and oxygen atoms in total. The lowest BCUT2D eigenvalue weighted by Gasteiger charge is -2.19. The maximum Gasteiger partial charge on any atom is 0.323 e. The van der Waals surface area contributed by atoms with Crippen LogP contribution in [0.4, 0.5) is 0 Å². The zero-order valence-electron chi connectivity index (χ0n) is 14.7. The number of aliphatic hydroxyl groups is 1. The molecule has 0 aromatic rings. The van der Waals surface area contributed by atoms with Gasteiger partial charge in [-0.3, -0.25) is 4.79 Å². The summed E-state index contributed by atoms with van der Waals surface area (Å²) in [7, 11) is 3.55. The molecule has 1 rings (SSSR count). The van der Waals surface area contributed by atoms with E-state index in [1.807, 2.05) is 14.0 Å². The zero-order chi connectivity index (χ0) is 17.0. The number of hydrogen-bond acceptors (Lipinski definition) is 5. The van der Waals surface area contributed by atoms with Crippen molar-refractivity contribution in [2.45, 2.75) is 65.0 Å². The molecule has 22 heavy (non-hydrogen) atoms. The van der Waals surface area contributed by atoms with Crippen LogP contribution in [0.15, 0.2) is 11.8 Å². The average Bonchev–Trinajstić information content (AvgIpc) is 2.54. The molecule has 0 amide bonds. The molecule has 1 saturated heterocycles. The number of hydrogen-bond donors (Lipinski definition) is 2. The Balaban J connectivity index is 0.000000763. The van der Waals surface area contributed by atoms with Crippen molar-refractivity contribution in [3.63, 3.8) is 0 Å². The summed E-state index contributed by atoms with van der Waals surface area (Å²) in [4.78, 5) is 11.8. The zero-order valence-corrected chi connectivity index (χ0v) is 14.7. The second-order valence-electron chi connectivity index (χ2n) is 5.83. The normalized spacial score (nSPS) is 26.9. The van der Waals surface area contributed by atoms with Crippen LogP contribution in [0.25, 0.3) is 0 Å². The highest BCUT2D eigenvalue weighted by atomic mass is 16.5. The van der Waals surface area contributed by atoms with Crippen molar-refractivity contribution in [2.24, 2.45) is 5.92 Å². The van der Waals surface area contributed by atoms with Crippen LogP contribution in [0.3, 0.4) is 0 Å². The second-order valence-corrected chi connectivity index (χ2v) is 5.83. The van der Waals surface area contributed by atoms with Gasteiger partial charge < -0.3 is 19.9 Å². The molecule has 0 bridgehead atoms. The maximum atomic E-state index is 11.8. The third-order valence-corrected chi connectivity index (χ3v) is 3.87. The Morgan fingerprint density at radius 1 is 1.50 bits per heavy atom. The fourth-order valence-corrected chi connectivity index (χ4v) is 2.45. The van der Waals surface area contributed by atoms with Gasteiger partial charge in [0.15, 0.2) is 0 Å². The molecule has 5 heteroatoms. The Kier molecular flexibility index (Phi) is 11.9. The van der Waals surface area contributed by atoms with E-state index in [0.717, 1.165) is 38.7 Å². The molecular weight excluding hydrogens is 282 g/mol. The minimum atomic E-state index is -0.140. The van der Waals surface area contributed by atoms with Gasteiger partial charge in [0, 0.05) is 13.7 Å². The fraction of sp³-hybridized carbons (Fsp3) is 0.824. The first-order chi connectivity index (χ1) is 10.4. The molecule has 2 N–H and O–H groups in total. The Morgan fingerprint density at radius 3 is 2.64 bits per heavy atom. The van der Waals surface area contributed by atoms with E-state index in [1.54, 1.807) is 27.0 Å².